The van der Waals surface area contributed by atoms with Crippen LogP contribution in [0.25, 0.3) is 0 Å². The Labute approximate surface area is 146 Å². The van der Waals surface area contributed by atoms with Gasteiger partial charge in [0, 0.05) is 30.8 Å². The third kappa shape index (κ3) is 4.38. The molecule has 3 rings (SSSR count). The van der Waals surface area contributed by atoms with Crippen LogP contribution < -0.4 is 10.2 Å². The summed E-state index contributed by atoms with van der Waals surface area (Å²) in [6.07, 6.45) is 9.04. The van der Waals surface area contributed by atoms with Crippen LogP contribution in [0.2, 0.25) is 0 Å². The van der Waals surface area contributed by atoms with Crippen LogP contribution >= 0.6 is 0 Å². The zero-order valence-corrected chi connectivity index (χ0v) is 15.2. The third-order valence-electron chi connectivity index (χ3n) is 5.60. The van der Waals surface area contributed by atoms with E-state index in [1.165, 1.54) is 36.9 Å². The largest absolute Gasteiger partial charge is 0.371 e. The van der Waals surface area contributed by atoms with Crippen LogP contribution in [0.4, 0.5) is 5.69 Å². The molecule has 0 saturated carbocycles. The number of Topliss-reactive ketones (excluding diaryl/α,β-unsaturated/α-hetero) is 1. The molecule has 3 nitrogen and oxygen atoms in total. The molecule has 1 N–H and O–H groups in total. The van der Waals surface area contributed by atoms with E-state index in [2.05, 4.69) is 35.3 Å². The van der Waals surface area contributed by atoms with E-state index in [0.717, 1.165) is 56.9 Å². The van der Waals surface area contributed by atoms with E-state index >= 15 is 0 Å². The highest BCUT2D eigenvalue weighted by atomic mass is 16.1. The maximum Gasteiger partial charge on any atom is 0.162 e. The minimum absolute atomic E-state index is 0.331. The number of anilines is 1. The molecule has 0 bridgehead atoms. The Kier molecular flexibility index (Phi) is 6.30. The van der Waals surface area contributed by atoms with Crippen molar-refractivity contribution < 1.29 is 4.79 Å². The number of aryl methyl sites for hydroxylation is 1. The summed E-state index contributed by atoms with van der Waals surface area (Å²) < 4.78 is 0. The molecular formula is C21H32N2O. The lowest BCUT2D eigenvalue weighted by Gasteiger charge is -2.25. The van der Waals surface area contributed by atoms with Crippen LogP contribution in [-0.2, 0) is 6.42 Å². The quantitative estimate of drug-likeness (QED) is 0.794. The molecule has 0 aliphatic carbocycles. The molecule has 24 heavy (non-hydrogen) atoms. The number of ketones is 1. The summed E-state index contributed by atoms with van der Waals surface area (Å²) in [6, 6.07) is 6.46. The van der Waals surface area contributed by atoms with Gasteiger partial charge in [0.25, 0.3) is 0 Å². The Balaban J connectivity index is 1.68. The van der Waals surface area contributed by atoms with E-state index in [0.29, 0.717) is 12.2 Å². The Hall–Kier alpha value is -1.35. The molecule has 132 valence electrons. The minimum Gasteiger partial charge on any atom is -0.371 e. The van der Waals surface area contributed by atoms with Crippen molar-refractivity contribution in [2.24, 2.45) is 5.92 Å². The number of piperidine rings is 1. The van der Waals surface area contributed by atoms with Gasteiger partial charge in [0.1, 0.15) is 0 Å². The van der Waals surface area contributed by atoms with Crippen molar-refractivity contribution >= 4 is 11.5 Å². The fraction of sp³-hybridized carbons (Fsp3) is 0.667. The summed E-state index contributed by atoms with van der Waals surface area (Å²) >= 11 is 0. The molecule has 1 saturated heterocycles. The third-order valence-corrected chi connectivity index (χ3v) is 5.60. The molecule has 0 aromatic heterocycles. The van der Waals surface area contributed by atoms with Gasteiger partial charge in [-0.15, -0.1) is 0 Å². The molecule has 2 aliphatic rings. The molecule has 1 fully saturated rings. The number of nitrogens with zero attached hydrogens (tertiary/aromatic N) is 1. The van der Waals surface area contributed by atoms with E-state index in [-0.39, 0.29) is 0 Å². The zero-order chi connectivity index (χ0) is 16.8. The summed E-state index contributed by atoms with van der Waals surface area (Å²) in [6.45, 7) is 6.69. The van der Waals surface area contributed by atoms with Crippen LogP contribution in [0.3, 0.4) is 0 Å². The average molecular weight is 329 g/mol. The van der Waals surface area contributed by atoms with Crippen molar-refractivity contribution in [1.29, 1.82) is 0 Å². The fourth-order valence-corrected chi connectivity index (χ4v) is 4.13. The van der Waals surface area contributed by atoms with E-state index < -0.39 is 0 Å². The van der Waals surface area contributed by atoms with Gasteiger partial charge >= 0.3 is 0 Å². The van der Waals surface area contributed by atoms with Gasteiger partial charge in [-0.3, -0.25) is 4.79 Å². The summed E-state index contributed by atoms with van der Waals surface area (Å²) in [5.41, 5.74) is 3.67. The highest BCUT2D eigenvalue weighted by molar-refractivity contribution is 5.97. The van der Waals surface area contributed by atoms with E-state index in [9.17, 15) is 4.79 Å². The highest BCUT2D eigenvalue weighted by Crippen LogP contribution is 2.29. The van der Waals surface area contributed by atoms with Gasteiger partial charge < -0.3 is 10.2 Å². The Bertz CT molecular complexity index is 549. The van der Waals surface area contributed by atoms with Gasteiger partial charge in [-0.1, -0.05) is 19.1 Å². The Morgan fingerprint density at radius 1 is 1.25 bits per heavy atom. The van der Waals surface area contributed by atoms with Crippen molar-refractivity contribution in [3.63, 3.8) is 0 Å². The van der Waals surface area contributed by atoms with Crippen LogP contribution in [0.5, 0.6) is 0 Å². The number of carbonyl (C=O) groups is 1. The number of hydrogen-bond donors (Lipinski definition) is 1. The zero-order valence-electron chi connectivity index (χ0n) is 15.2. The molecule has 2 aliphatic heterocycles. The molecule has 1 aromatic rings. The number of rotatable bonds is 6. The smallest absolute Gasteiger partial charge is 0.162 e. The summed E-state index contributed by atoms with van der Waals surface area (Å²) in [4.78, 5) is 15.2. The predicted molar refractivity (Wildman–Crippen MR) is 101 cm³/mol. The van der Waals surface area contributed by atoms with E-state index in [1.807, 2.05) is 0 Å². The standard InChI is InChI=1S/C21H32N2O/c1-2-14-23-15-4-3-5-18-7-8-19(16-20(18)23)21(24)9-6-17-10-12-22-13-11-17/h7-8,16-17,22H,2-6,9-15H2,1H3. The Morgan fingerprint density at radius 3 is 2.88 bits per heavy atom. The first-order valence-electron chi connectivity index (χ1n) is 9.89. The number of carbonyl (C=O) groups excluding carboxylic acids is 1. The summed E-state index contributed by atoms with van der Waals surface area (Å²) in [5, 5.41) is 3.40. The first-order chi connectivity index (χ1) is 11.8. The molecule has 2 heterocycles. The first-order valence-corrected chi connectivity index (χ1v) is 9.89. The highest BCUT2D eigenvalue weighted by Gasteiger charge is 2.19. The second-order valence-electron chi connectivity index (χ2n) is 7.44. The second-order valence-corrected chi connectivity index (χ2v) is 7.44. The second kappa shape index (κ2) is 8.66. The first kappa shape index (κ1) is 17.5. The number of benzene rings is 1. The molecule has 1 aromatic carbocycles. The van der Waals surface area contributed by atoms with Gasteiger partial charge in [0.05, 0.1) is 0 Å². The normalized spacial score (nSPS) is 19.0. The number of nitrogens with one attached hydrogen (secondary N) is 1. The number of fused-ring (bicyclic) bond motifs is 1. The number of hydrogen-bond acceptors (Lipinski definition) is 3. The monoisotopic (exact) mass is 328 g/mol. The van der Waals surface area contributed by atoms with E-state index in [4.69, 9.17) is 0 Å². The molecule has 0 atom stereocenters. The lowest BCUT2D eigenvalue weighted by atomic mass is 9.91. The molecular weight excluding hydrogens is 296 g/mol. The molecule has 0 radical (unpaired) electrons. The van der Waals surface area contributed by atoms with Gasteiger partial charge in [0.15, 0.2) is 5.78 Å². The lowest BCUT2D eigenvalue weighted by Crippen LogP contribution is -2.28. The molecule has 0 amide bonds. The van der Waals surface area contributed by atoms with Gasteiger partial charge in [0.2, 0.25) is 0 Å². The van der Waals surface area contributed by atoms with Gasteiger partial charge in [-0.25, -0.2) is 0 Å². The topological polar surface area (TPSA) is 32.3 Å². The van der Waals surface area contributed by atoms with E-state index in [1.54, 1.807) is 0 Å². The summed E-state index contributed by atoms with van der Waals surface area (Å²) in [7, 11) is 0. The minimum atomic E-state index is 0.331. The predicted octanol–water partition coefficient (Wildman–Crippen LogP) is 4.20. The molecule has 3 heteroatoms. The summed E-state index contributed by atoms with van der Waals surface area (Å²) in [5.74, 6) is 1.06. The maximum absolute atomic E-state index is 12.7. The van der Waals surface area contributed by atoms with Crippen LogP contribution in [0.15, 0.2) is 18.2 Å². The van der Waals surface area contributed by atoms with Crippen LogP contribution in [-0.4, -0.2) is 32.0 Å². The van der Waals surface area contributed by atoms with Crippen LogP contribution in [0.1, 0.15) is 67.8 Å². The van der Waals surface area contributed by atoms with Crippen molar-refractivity contribution in [2.45, 2.75) is 58.3 Å². The van der Waals surface area contributed by atoms with Crippen molar-refractivity contribution in [2.75, 3.05) is 31.1 Å². The van der Waals surface area contributed by atoms with Crippen molar-refractivity contribution in [3.8, 4) is 0 Å². The van der Waals surface area contributed by atoms with Crippen LogP contribution in [0, 0.1) is 5.92 Å². The molecule has 0 spiro atoms. The average Bonchev–Trinajstić information content (AvgIpc) is 2.83. The van der Waals surface area contributed by atoms with Gasteiger partial charge in [-0.2, -0.15) is 0 Å². The molecule has 0 unspecified atom stereocenters. The Morgan fingerprint density at radius 2 is 2.08 bits per heavy atom. The fourth-order valence-electron chi connectivity index (χ4n) is 4.13. The maximum atomic E-state index is 12.7. The van der Waals surface area contributed by atoms with Crippen molar-refractivity contribution in [3.05, 3.63) is 29.3 Å². The lowest BCUT2D eigenvalue weighted by molar-refractivity contribution is 0.0971. The SMILES string of the molecule is CCCN1CCCCc2ccc(C(=O)CCC3CCNCC3)cc21. The van der Waals surface area contributed by atoms with Crippen molar-refractivity contribution in [1.82, 2.24) is 5.32 Å². The van der Waals surface area contributed by atoms with Gasteiger partial charge in [-0.05, 0) is 75.6 Å².